The van der Waals surface area contributed by atoms with Crippen molar-refractivity contribution in [2.24, 2.45) is 5.92 Å². The minimum absolute atomic E-state index is 0.122. The molecule has 1 aliphatic carbocycles. The number of rotatable bonds is 12. The van der Waals surface area contributed by atoms with Crippen molar-refractivity contribution in [3.05, 3.63) is 84.1 Å². The van der Waals surface area contributed by atoms with Crippen LogP contribution in [0.1, 0.15) is 107 Å². The molecule has 4 N–H and O–H groups in total. The number of H-pyrrole nitrogens is 1. The number of ether oxygens (including phenoxy) is 2. The fourth-order valence-electron chi connectivity index (χ4n) is 9.32. The Morgan fingerprint density at radius 1 is 0.794 bits per heavy atom. The zero-order valence-corrected chi connectivity index (χ0v) is 36.9. The third-order valence-electron chi connectivity index (χ3n) is 12.6. The maximum absolute atomic E-state index is 13.9. The number of benzene rings is 2. The Morgan fingerprint density at radius 3 is 2.19 bits per heavy atom. The van der Waals surface area contributed by atoms with Crippen LogP contribution in [0, 0.1) is 5.92 Å². The minimum Gasteiger partial charge on any atom is -0.453 e. The average molecular weight is 878 g/mol. The Kier molecular flexibility index (Phi) is 13.1. The summed E-state index contributed by atoms with van der Waals surface area (Å²) in [6, 6.07) is 14.7. The number of hydrogen-bond acceptors (Lipinski definition) is 10. The van der Waals surface area contributed by atoms with E-state index in [0.29, 0.717) is 49.1 Å². The molecule has 5 amide bonds. The number of methoxy groups -OCH3 is 2. The maximum atomic E-state index is 13.9. The van der Waals surface area contributed by atoms with E-state index in [1.54, 1.807) is 40.5 Å². The van der Waals surface area contributed by atoms with E-state index in [-0.39, 0.29) is 29.7 Å². The molecule has 2 saturated heterocycles. The number of amides is 5. The van der Waals surface area contributed by atoms with Crippen LogP contribution in [0.25, 0.3) is 26.7 Å². The molecule has 4 unspecified atom stereocenters. The Balaban J connectivity index is 0.999. The number of hydrogen-bond donors (Lipinski definition) is 4. The monoisotopic (exact) mass is 877 g/mol. The van der Waals surface area contributed by atoms with Crippen LogP contribution in [0.2, 0.25) is 0 Å². The number of imidazole rings is 2. The second kappa shape index (κ2) is 19.0. The highest BCUT2D eigenvalue weighted by molar-refractivity contribution is 7.20. The first-order chi connectivity index (χ1) is 30.5. The summed E-state index contributed by atoms with van der Waals surface area (Å²) in [5.74, 6) is 0.485. The Hall–Kier alpha value is -6.23. The van der Waals surface area contributed by atoms with Crippen molar-refractivity contribution in [1.29, 1.82) is 0 Å². The number of alkyl carbamates (subject to hydrolysis) is 2. The summed E-state index contributed by atoms with van der Waals surface area (Å²) in [5.41, 5.74) is 4.65. The molecule has 332 valence electrons. The van der Waals surface area contributed by atoms with Crippen LogP contribution in [0.15, 0.2) is 67.0 Å². The van der Waals surface area contributed by atoms with Crippen LogP contribution in [0.4, 0.5) is 15.4 Å². The van der Waals surface area contributed by atoms with Crippen LogP contribution >= 0.6 is 11.3 Å². The Labute approximate surface area is 370 Å². The van der Waals surface area contributed by atoms with Crippen molar-refractivity contribution in [3.8, 4) is 21.7 Å². The van der Waals surface area contributed by atoms with E-state index < -0.39 is 30.3 Å². The number of carbonyl (C=O) groups excluding carboxylic acids is 5. The molecule has 2 aromatic carbocycles. The lowest BCUT2D eigenvalue weighted by Gasteiger charge is -2.30. The van der Waals surface area contributed by atoms with Gasteiger partial charge in [-0.15, -0.1) is 0 Å². The van der Waals surface area contributed by atoms with Crippen LogP contribution in [0.5, 0.6) is 0 Å². The first-order valence-electron chi connectivity index (χ1n) is 21.9. The molecule has 5 heterocycles. The van der Waals surface area contributed by atoms with Crippen molar-refractivity contribution in [1.82, 2.24) is 39.8 Å². The smallest absolute Gasteiger partial charge is 0.407 e. The molecule has 4 atom stereocenters. The molecule has 3 aromatic heterocycles. The van der Waals surface area contributed by atoms with Gasteiger partial charge in [0.1, 0.15) is 23.9 Å². The predicted octanol–water partition coefficient (Wildman–Crippen LogP) is 7.57. The number of thiazole rings is 1. The van der Waals surface area contributed by atoms with Crippen molar-refractivity contribution < 1.29 is 33.4 Å². The van der Waals surface area contributed by atoms with Crippen LogP contribution < -0.4 is 16.0 Å². The fraction of sp³-hybridized carbons (Fsp3) is 0.457. The molecule has 0 spiro atoms. The number of aromatic amines is 1. The second-order valence-corrected chi connectivity index (χ2v) is 17.9. The van der Waals surface area contributed by atoms with Gasteiger partial charge in [-0.05, 0) is 61.1 Å². The molecular weight excluding hydrogens is 823 g/mol. The van der Waals surface area contributed by atoms with Gasteiger partial charge in [-0.25, -0.2) is 19.6 Å². The number of carbonyl (C=O) groups is 5. The van der Waals surface area contributed by atoms with Gasteiger partial charge in [-0.1, -0.05) is 99.0 Å². The molecular formula is C46H55N9O7S. The lowest BCUT2D eigenvalue weighted by molar-refractivity contribution is -0.138. The van der Waals surface area contributed by atoms with E-state index >= 15 is 0 Å². The molecule has 0 radical (unpaired) electrons. The first kappa shape index (κ1) is 43.4. The molecule has 17 heteroatoms. The van der Waals surface area contributed by atoms with Crippen molar-refractivity contribution >= 4 is 52.0 Å². The number of aromatic nitrogens is 4. The van der Waals surface area contributed by atoms with Crippen molar-refractivity contribution in [2.75, 3.05) is 32.6 Å². The van der Waals surface area contributed by atoms with Crippen molar-refractivity contribution in [2.45, 2.75) is 102 Å². The third kappa shape index (κ3) is 9.15. The van der Waals surface area contributed by atoms with Gasteiger partial charge >= 0.3 is 12.2 Å². The van der Waals surface area contributed by atoms with E-state index in [0.717, 1.165) is 65.2 Å². The van der Waals surface area contributed by atoms with Gasteiger partial charge in [-0.2, -0.15) is 0 Å². The Bertz CT molecular complexity index is 2440. The summed E-state index contributed by atoms with van der Waals surface area (Å²) in [6.07, 6.45) is 10.7. The highest BCUT2D eigenvalue weighted by atomic mass is 32.1. The molecule has 63 heavy (non-hydrogen) atoms. The standard InChI is InChI=1S/C46H55N9O7S/c1-27(2)36(51-45(59)61-3)42(57)53-23-11-17-33(53)40-47-25-32(48-40)28-19-21-31(22-20-28)39-38(30-15-9-6-10-16-30)55-26-35(50-44(55)63-39)49-41(56)34-18-12-24-54(34)43(58)37(52-46(60)62-4)29-13-7-5-8-14-29/h5,7-8,13-14,19-22,25-27,30,33-34,36-37H,6,9-12,15-18,23-24H2,1-4H3,(H,47,48)(H,49,56)(H,51,59)(H,52,60). The molecule has 0 bridgehead atoms. The zero-order valence-electron chi connectivity index (χ0n) is 36.1. The van der Waals surface area contributed by atoms with Gasteiger partial charge in [-0.3, -0.25) is 18.8 Å². The summed E-state index contributed by atoms with van der Waals surface area (Å²) in [4.78, 5) is 84.2. The summed E-state index contributed by atoms with van der Waals surface area (Å²) in [6.45, 7) is 4.76. The summed E-state index contributed by atoms with van der Waals surface area (Å²) < 4.78 is 11.7. The van der Waals surface area contributed by atoms with E-state index in [9.17, 15) is 24.0 Å². The molecule has 5 aromatic rings. The maximum Gasteiger partial charge on any atom is 0.407 e. The van der Waals surface area contributed by atoms with E-state index in [1.807, 2.05) is 37.2 Å². The predicted molar refractivity (Wildman–Crippen MR) is 238 cm³/mol. The number of fused-ring (bicyclic) bond motifs is 1. The van der Waals surface area contributed by atoms with E-state index in [2.05, 4.69) is 49.6 Å². The molecule has 2 aliphatic heterocycles. The summed E-state index contributed by atoms with van der Waals surface area (Å²) >= 11 is 1.59. The molecule has 3 fully saturated rings. The van der Waals surface area contributed by atoms with Crippen LogP contribution in [-0.2, 0) is 23.9 Å². The molecule has 1 saturated carbocycles. The lowest BCUT2D eigenvalue weighted by atomic mass is 9.85. The lowest BCUT2D eigenvalue weighted by Crippen LogP contribution is -2.51. The van der Waals surface area contributed by atoms with Gasteiger partial charge in [0.2, 0.25) is 11.8 Å². The summed E-state index contributed by atoms with van der Waals surface area (Å²) in [5, 5.41) is 8.37. The van der Waals surface area contributed by atoms with Gasteiger partial charge in [0.15, 0.2) is 10.8 Å². The van der Waals surface area contributed by atoms with Crippen LogP contribution in [-0.4, -0.2) is 98.5 Å². The molecule has 8 rings (SSSR count). The molecule has 3 aliphatic rings. The summed E-state index contributed by atoms with van der Waals surface area (Å²) in [7, 11) is 2.53. The highest BCUT2D eigenvalue weighted by Crippen LogP contribution is 2.44. The topological polar surface area (TPSA) is 192 Å². The molecule has 16 nitrogen and oxygen atoms in total. The van der Waals surface area contributed by atoms with E-state index in [1.165, 1.54) is 26.3 Å². The van der Waals surface area contributed by atoms with Gasteiger partial charge < -0.3 is 40.2 Å². The van der Waals surface area contributed by atoms with Gasteiger partial charge in [0.05, 0.1) is 43.2 Å². The fourth-order valence-corrected chi connectivity index (χ4v) is 10.5. The normalized spacial score (nSPS) is 18.9. The minimum atomic E-state index is -1.01. The average Bonchev–Trinajstić information content (AvgIpc) is 4.16. The Morgan fingerprint density at radius 2 is 1.48 bits per heavy atom. The van der Waals surface area contributed by atoms with Gasteiger partial charge in [0.25, 0.3) is 5.91 Å². The third-order valence-corrected chi connectivity index (χ3v) is 13.7. The largest absolute Gasteiger partial charge is 0.453 e. The SMILES string of the molecule is COC(=O)NC(C(=O)N1CCCC1C(=O)Nc1cn2c(C3CCCCC3)c(-c3ccc(-c4cnc(C5CCCN5C(=O)C(NC(=O)OC)C(C)C)[nH]4)cc3)sc2n1)c1ccccc1. The zero-order chi connectivity index (χ0) is 44.2. The van der Waals surface area contributed by atoms with Gasteiger partial charge in [0, 0.05) is 24.7 Å². The van der Waals surface area contributed by atoms with Crippen LogP contribution in [0.3, 0.4) is 0 Å². The number of anilines is 1. The number of nitrogens with one attached hydrogen (secondary N) is 4. The number of likely N-dealkylation sites (tertiary alicyclic amines) is 2. The second-order valence-electron chi connectivity index (χ2n) is 16.9. The highest BCUT2D eigenvalue weighted by Gasteiger charge is 2.40. The van der Waals surface area contributed by atoms with E-state index in [4.69, 9.17) is 19.4 Å². The first-order valence-corrected chi connectivity index (χ1v) is 22.7. The number of nitrogens with zero attached hydrogens (tertiary/aromatic N) is 5. The van der Waals surface area contributed by atoms with Crippen molar-refractivity contribution in [3.63, 3.8) is 0 Å². The quantitative estimate of drug-likeness (QED) is 0.0979.